The van der Waals surface area contributed by atoms with Crippen LogP contribution in [0.4, 0.5) is 11.4 Å². The van der Waals surface area contributed by atoms with Crippen molar-refractivity contribution in [3.8, 4) is 0 Å². The van der Waals surface area contributed by atoms with E-state index < -0.39 is 15.9 Å². The number of aryl methyl sites for hydroxylation is 4. The Hall–Kier alpha value is -2.83. The zero-order valence-electron chi connectivity index (χ0n) is 17.2. The van der Waals surface area contributed by atoms with Gasteiger partial charge in [-0.3, -0.25) is 9.52 Å². The normalized spacial score (nSPS) is 11.2. The summed E-state index contributed by atoms with van der Waals surface area (Å²) in [6, 6.07) is 15.4. The number of rotatable bonds is 5. The predicted octanol–water partition coefficient (Wildman–Crippen LogP) is 5.63. The third kappa shape index (κ3) is 4.83. The van der Waals surface area contributed by atoms with Gasteiger partial charge >= 0.3 is 0 Å². The van der Waals surface area contributed by atoms with Gasteiger partial charge in [-0.2, -0.15) is 0 Å². The summed E-state index contributed by atoms with van der Waals surface area (Å²) in [6.45, 7) is 7.28. The van der Waals surface area contributed by atoms with Gasteiger partial charge in [0.25, 0.3) is 15.9 Å². The van der Waals surface area contributed by atoms with Crippen LogP contribution in [-0.2, 0) is 10.0 Å². The van der Waals surface area contributed by atoms with Crippen LogP contribution in [0.5, 0.6) is 0 Å². The number of hydrogen-bond acceptors (Lipinski definition) is 3. The minimum absolute atomic E-state index is 0.0545. The fourth-order valence-corrected chi connectivity index (χ4v) is 4.57. The summed E-state index contributed by atoms with van der Waals surface area (Å²) >= 11 is 6.01. The number of amides is 1. The second-order valence-electron chi connectivity index (χ2n) is 7.32. The number of carbonyl (C=O) groups excluding carboxylic acids is 1. The van der Waals surface area contributed by atoms with Gasteiger partial charge in [0.05, 0.1) is 10.6 Å². The summed E-state index contributed by atoms with van der Waals surface area (Å²) in [5, 5.41) is 3.29. The third-order valence-electron chi connectivity index (χ3n) is 4.83. The average molecular weight is 443 g/mol. The highest BCUT2D eigenvalue weighted by Crippen LogP contribution is 2.25. The lowest BCUT2D eigenvalue weighted by Crippen LogP contribution is -2.18. The molecule has 156 valence electrons. The molecule has 0 atom stereocenters. The van der Waals surface area contributed by atoms with Crippen molar-refractivity contribution in [2.24, 2.45) is 0 Å². The van der Waals surface area contributed by atoms with E-state index in [1.807, 2.05) is 32.9 Å². The topological polar surface area (TPSA) is 75.3 Å². The van der Waals surface area contributed by atoms with Crippen LogP contribution < -0.4 is 10.0 Å². The quantitative estimate of drug-likeness (QED) is 0.537. The van der Waals surface area contributed by atoms with Crippen molar-refractivity contribution in [1.82, 2.24) is 0 Å². The molecular formula is C23H23ClN2O3S. The van der Waals surface area contributed by atoms with E-state index in [-0.39, 0.29) is 10.5 Å². The van der Waals surface area contributed by atoms with Crippen LogP contribution in [0, 0.1) is 27.7 Å². The molecule has 0 saturated carbocycles. The molecule has 30 heavy (non-hydrogen) atoms. The van der Waals surface area contributed by atoms with Crippen molar-refractivity contribution < 1.29 is 13.2 Å². The van der Waals surface area contributed by atoms with E-state index in [4.69, 9.17) is 11.6 Å². The maximum atomic E-state index is 13.1. The van der Waals surface area contributed by atoms with E-state index in [0.29, 0.717) is 22.0 Å². The molecule has 0 aromatic heterocycles. The van der Waals surface area contributed by atoms with Crippen molar-refractivity contribution >= 4 is 38.9 Å². The minimum atomic E-state index is -3.88. The molecule has 0 radical (unpaired) electrons. The Balaban J connectivity index is 1.93. The van der Waals surface area contributed by atoms with Gasteiger partial charge in [0.15, 0.2) is 0 Å². The highest BCUT2D eigenvalue weighted by molar-refractivity contribution is 7.92. The van der Waals surface area contributed by atoms with Gasteiger partial charge in [-0.25, -0.2) is 8.42 Å². The number of hydrogen-bond donors (Lipinski definition) is 2. The van der Waals surface area contributed by atoms with Crippen molar-refractivity contribution in [2.75, 3.05) is 10.0 Å². The summed E-state index contributed by atoms with van der Waals surface area (Å²) in [5.41, 5.74) is 4.48. The zero-order chi connectivity index (χ0) is 22.1. The predicted molar refractivity (Wildman–Crippen MR) is 122 cm³/mol. The lowest BCUT2D eigenvalue weighted by atomic mass is 10.1. The first kappa shape index (κ1) is 21.9. The molecule has 3 aromatic rings. The molecule has 3 rings (SSSR count). The lowest BCUT2D eigenvalue weighted by Gasteiger charge is -2.14. The van der Waals surface area contributed by atoms with Crippen LogP contribution in [0.3, 0.4) is 0 Å². The molecule has 0 spiro atoms. The summed E-state index contributed by atoms with van der Waals surface area (Å²) < 4.78 is 28.8. The summed E-state index contributed by atoms with van der Waals surface area (Å²) in [4.78, 5) is 12.8. The second-order valence-corrected chi connectivity index (χ2v) is 9.40. The molecule has 0 aliphatic heterocycles. The molecule has 2 N–H and O–H groups in total. The van der Waals surface area contributed by atoms with Crippen LogP contribution in [0.2, 0.25) is 5.02 Å². The van der Waals surface area contributed by atoms with Gasteiger partial charge in [-0.1, -0.05) is 35.9 Å². The van der Waals surface area contributed by atoms with Gasteiger partial charge in [-0.05, 0) is 80.3 Å². The largest absolute Gasteiger partial charge is 0.322 e. The molecule has 0 saturated heterocycles. The molecule has 0 bridgehead atoms. The summed E-state index contributed by atoms with van der Waals surface area (Å²) in [5.74, 6) is -0.413. The van der Waals surface area contributed by atoms with Crippen molar-refractivity contribution in [3.63, 3.8) is 0 Å². The first-order chi connectivity index (χ1) is 14.1. The number of carbonyl (C=O) groups is 1. The minimum Gasteiger partial charge on any atom is -0.322 e. The fourth-order valence-electron chi connectivity index (χ4n) is 3.00. The maximum Gasteiger partial charge on any atom is 0.262 e. The molecule has 0 heterocycles. The number of anilines is 2. The van der Waals surface area contributed by atoms with Crippen molar-refractivity contribution in [2.45, 2.75) is 32.6 Å². The number of benzene rings is 3. The molecule has 1 amide bonds. The molecule has 0 aliphatic carbocycles. The number of nitrogens with one attached hydrogen (secondary N) is 2. The Morgan fingerprint density at radius 2 is 1.43 bits per heavy atom. The molecule has 0 fully saturated rings. The Morgan fingerprint density at radius 3 is 2.17 bits per heavy atom. The zero-order valence-corrected chi connectivity index (χ0v) is 18.8. The van der Waals surface area contributed by atoms with E-state index in [9.17, 15) is 13.2 Å². The Kier molecular flexibility index (Phi) is 6.19. The van der Waals surface area contributed by atoms with Crippen LogP contribution in [0.1, 0.15) is 32.6 Å². The van der Waals surface area contributed by atoms with E-state index in [1.54, 1.807) is 43.3 Å². The highest BCUT2D eigenvalue weighted by Gasteiger charge is 2.20. The third-order valence-corrected chi connectivity index (χ3v) is 6.57. The van der Waals surface area contributed by atoms with Gasteiger partial charge in [-0.15, -0.1) is 0 Å². The molecule has 3 aromatic carbocycles. The molecule has 0 unspecified atom stereocenters. The molecular weight excluding hydrogens is 420 g/mol. The SMILES string of the molecule is Cc1ccc(C)c(NS(=O)(=O)c2cc(C(=O)Nc3cc(Cl)ccc3C)ccc2C)c1. The van der Waals surface area contributed by atoms with Gasteiger partial charge in [0, 0.05) is 16.3 Å². The first-order valence-corrected chi connectivity index (χ1v) is 11.2. The Labute approximate surface area is 182 Å². The fraction of sp³-hybridized carbons (Fsp3) is 0.174. The Morgan fingerprint density at radius 1 is 0.800 bits per heavy atom. The second kappa shape index (κ2) is 8.50. The van der Waals surface area contributed by atoms with Crippen molar-refractivity contribution in [1.29, 1.82) is 0 Å². The van der Waals surface area contributed by atoms with Crippen LogP contribution in [0.25, 0.3) is 0 Å². The number of halogens is 1. The monoisotopic (exact) mass is 442 g/mol. The van der Waals surface area contributed by atoms with E-state index in [2.05, 4.69) is 10.0 Å². The highest BCUT2D eigenvalue weighted by atomic mass is 35.5. The van der Waals surface area contributed by atoms with Crippen LogP contribution in [0.15, 0.2) is 59.5 Å². The summed E-state index contributed by atoms with van der Waals surface area (Å²) in [7, 11) is -3.88. The van der Waals surface area contributed by atoms with E-state index in [0.717, 1.165) is 16.7 Å². The van der Waals surface area contributed by atoms with Crippen LogP contribution in [-0.4, -0.2) is 14.3 Å². The Bertz CT molecular complexity index is 1240. The number of sulfonamides is 1. The van der Waals surface area contributed by atoms with Gasteiger partial charge in [0.2, 0.25) is 0 Å². The smallest absolute Gasteiger partial charge is 0.262 e. The van der Waals surface area contributed by atoms with Gasteiger partial charge in [0.1, 0.15) is 0 Å². The molecule has 0 aliphatic rings. The van der Waals surface area contributed by atoms with Gasteiger partial charge < -0.3 is 5.32 Å². The van der Waals surface area contributed by atoms with Crippen molar-refractivity contribution in [3.05, 3.63) is 87.4 Å². The maximum absolute atomic E-state index is 13.1. The van der Waals surface area contributed by atoms with E-state index in [1.165, 1.54) is 6.07 Å². The molecule has 5 nitrogen and oxygen atoms in total. The average Bonchev–Trinajstić information content (AvgIpc) is 2.67. The lowest BCUT2D eigenvalue weighted by molar-refractivity contribution is 0.102. The standard InChI is InChI=1S/C23H23ClN2O3S/c1-14-5-6-16(3)21(11-14)26-30(28,29)22-12-18(9-7-17(22)4)23(27)25-20-13-19(24)10-8-15(20)2/h5-13,26H,1-4H3,(H,25,27). The molecule has 7 heteroatoms. The summed E-state index contributed by atoms with van der Waals surface area (Å²) in [6.07, 6.45) is 0. The van der Waals surface area contributed by atoms with E-state index >= 15 is 0 Å². The first-order valence-electron chi connectivity index (χ1n) is 9.35. The van der Waals surface area contributed by atoms with Crippen LogP contribution >= 0.6 is 11.6 Å².